The highest BCUT2D eigenvalue weighted by Crippen LogP contribution is 2.21. The number of anilines is 1. The van der Waals surface area contributed by atoms with Crippen molar-refractivity contribution in [3.8, 4) is 0 Å². The first-order valence-corrected chi connectivity index (χ1v) is 7.58. The monoisotopic (exact) mass is 303 g/mol. The zero-order valence-corrected chi connectivity index (χ0v) is 12.2. The summed E-state index contributed by atoms with van der Waals surface area (Å²) in [6, 6.07) is 3.34. The molecule has 112 valence electrons. The van der Waals surface area contributed by atoms with Gasteiger partial charge in [-0.05, 0) is 25.1 Å². The molecule has 8 heteroatoms. The summed E-state index contributed by atoms with van der Waals surface area (Å²) in [4.78, 5) is 11.0. The molecule has 0 radical (unpaired) electrons. The summed E-state index contributed by atoms with van der Waals surface area (Å²) >= 11 is 0. The number of benzene rings is 1. The first kappa shape index (κ1) is 16.4. The number of nitrogens with two attached hydrogens (primary N) is 1. The molecule has 6 nitrogen and oxygen atoms in total. The Kier molecular flexibility index (Phi) is 5.46. The Bertz CT molecular complexity index is 590. The van der Waals surface area contributed by atoms with Gasteiger partial charge >= 0.3 is 0 Å². The Morgan fingerprint density at radius 1 is 1.40 bits per heavy atom. The molecule has 3 N–H and O–H groups in total. The number of nitrogens with one attached hydrogen (secondary N) is 1. The highest BCUT2D eigenvalue weighted by Gasteiger charge is 2.27. The summed E-state index contributed by atoms with van der Waals surface area (Å²) in [5.41, 5.74) is 5.52. The summed E-state index contributed by atoms with van der Waals surface area (Å²) in [6.07, 6.45) is 0. The molecule has 0 aliphatic rings. The number of carbonyl (C=O) groups excluding carboxylic acids is 1. The van der Waals surface area contributed by atoms with Crippen LogP contribution in [0, 0.1) is 5.82 Å². The Morgan fingerprint density at radius 3 is 2.55 bits per heavy atom. The van der Waals surface area contributed by atoms with Gasteiger partial charge in [-0.15, -0.1) is 0 Å². The number of carbonyl (C=O) groups is 1. The quantitative estimate of drug-likeness (QED) is 0.751. The number of nitrogens with zero attached hydrogens (tertiary/aromatic N) is 1. The number of amides is 1. The molecule has 0 heterocycles. The summed E-state index contributed by atoms with van der Waals surface area (Å²) in [5.74, 6) is -1.37. The number of hydrogen-bond acceptors (Lipinski definition) is 4. The normalized spacial score (nSPS) is 11.6. The molecule has 0 aliphatic heterocycles. The molecule has 0 atom stereocenters. The zero-order chi connectivity index (χ0) is 15.3. The minimum atomic E-state index is -4.07. The molecular weight excluding hydrogens is 285 g/mol. The fourth-order valence-electron chi connectivity index (χ4n) is 1.65. The van der Waals surface area contributed by atoms with Gasteiger partial charge in [-0.25, -0.2) is 12.8 Å². The van der Waals surface area contributed by atoms with Crippen LogP contribution in [0.5, 0.6) is 0 Å². The largest absolute Gasteiger partial charge is 0.399 e. The molecule has 0 saturated carbocycles. The number of hydrogen-bond donors (Lipinski definition) is 2. The minimum absolute atomic E-state index is 0.0588. The van der Waals surface area contributed by atoms with Gasteiger partial charge in [0.2, 0.25) is 15.9 Å². The molecule has 20 heavy (non-hydrogen) atoms. The van der Waals surface area contributed by atoms with E-state index in [4.69, 9.17) is 5.73 Å². The lowest BCUT2D eigenvalue weighted by molar-refractivity contribution is -0.121. The Balaban J connectivity index is 3.09. The van der Waals surface area contributed by atoms with Crippen LogP contribution in [0.2, 0.25) is 0 Å². The summed E-state index contributed by atoms with van der Waals surface area (Å²) < 4.78 is 39.3. The lowest BCUT2D eigenvalue weighted by Gasteiger charge is -2.20. The third-order valence-electron chi connectivity index (χ3n) is 2.62. The topological polar surface area (TPSA) is 92.5 Å². The molecule has 0 unspecified atom stereocenters. The first-order chi connectivity index (χ1) is 9.32. The van der Waals surface area contributed by atoms with Crippen molar-refractivity contribution in [1.82, 2.24) is 9.62 Å². The number of likely N-dealkylation sites (N-methyl/N-ethyl adjacent to an activating group) is 2. The van der Waals surface area contributed by atoms with Gasteiger partial charge < -0.3 is 11.1 Å². The van der Waals surface area contributed by atoms with Crippen molar-refractivity contribution in [1.29, 1.82) is 0 Å². The van der Waals surface area contributed by atoms with Crippen LogP contribution < -0.4 is 11.1 Å². The first-order valence-electron chi connectivity index (χ1n) is 6.14. The predicted octanol–water partition coefficient (Wildman–Crippen LogP) is 0.555. The molecule has 0 aliphatic carbocycles. The van der Waals surface area contributed by atoms with Crippen LogP contribution in [0.25, 0.3) is 0 Å². The smallest absolute Gasteiger partial charge is 0.246 e. The van der Waals surface area contributed by atoms with Crippen molar-refractivity contribution < 1.29 is 17.6 Å². The van der Waals surface area contributed by atoms with E-state index >= 15 is 0 Å². The van der Waals surface area contributed by atoms with Crippen molar-refractivity contribution in [3.05, 3.63) is 24.0 Å². The highest BCUT2D eigenvalue weighted by molar-refractivity contribution is 7.89. The average Bonchev–Trinajstić information content (AvgIpc) is 2.35. The fourth-order valence-corrected chi connectivity index (χ4v) is 3.10. The molecule has 1 rings (SSSR count). The molecule has 1 amide bonds. The van der Waals surface area contributed by atoms with E-state index in [0.717, 1.165) is 16.4 Å². The molecular formula is C12H18FN3O3S. The Morgan fingerprint density at radius 2 is 2.05 bits per heavy atom. The molecule has 0 bridgehead atoms. The van der Waals surface area contributed by atoms with E-state index < -0.39 is 26.6 Å². The lowest BCUT2D eigenvalue weighted by atomic mass is 10.3. The molecule has 1 aromatic carbocycles. The Labute approximate surface area is 117 Å². The van der Waals surface area contributed by atoms with E-state index in [1.54, 1.807) is 13.8 Å². The van der Waals surface area contributed by atoms with Crippen molar-refractivity contribution in [2.24, 2.45) is 0 Å². The number of sulfonamides is 1. The fraction of sp³-hybridized carbons (Fsp3) is 0.417. The van der Waals surface area contributed by atoms with E-state index in [1.165, 1.54) is 6.07 Å². The maximum Gasteiger partial charge on any atom is 0.246 e. The summed E-state index contributed by atoms with van der Waals surface area (Å²) in [6.45, 7) is 3.40. The SMILES string of the molecule is CCNC(=O)CN(CC)S(=O)(=O)c1ccc(N)cc1F. The average molecular weight is 303 g/mol. The van der Waals surface area contributed by atoms with Crippen LogP contribution in [0.4, 0.5) is 10.1 Å². The van der Waals surface area contributed by atoms with Crippen molar-refractivity contribution in [2.45, 2.75) is 18.7 Å². The van der Waals surface area contributed by atoms with E-state index in [-0.39, 0.29) is 18.8 Å². The van der Waals surface area contributed by atoms with Crippen LogP contribution in [-0.2, 0) is 14.8 Å². The highest BCUT2D eigenvalue weighted by atomic mass is 32.2. The molecule has 0 fully saturated rings. The van der Waals surface area contributed by atoms with Gasteiger partial charge in [-0.3, -0.25) is 4.79 Å². The second kappa shape index (κ2) is 6.67. The minimum Gasteiger partial charge on any atom is -0.399 e. The van der Waals surface area contributed by atoms with Crippen LogP contribution in [-0.4, -0.2) is 38.3 Å². The third-order valence-corrected chi connectivity index (χ3v) is 4.57. The number of halogens is 1. The number of nitrogen functional groups attached to an aromatic ring is 1. The van der Waals surface area contributed by atoms with E-state index in [1.807, 2.05) is 0 Å². The second-order valence-corrected chi connectivity index (χ2v) is 5.98. The van der Waals surface area contributed by atoms with Crippen molar-refractivity contribution in [3.63, 3.8) is 0 Å². The molecule has 0 aromatic heterocycles. The maximum atomic E-state index is 13.7. The Hall–Kier alpha value is -1.67. The summed E-state index contributed by atoms with van der Waals surface area (Å²) in [5, 5.41) is 2.50. The molecule has 0 spiro atoms. The van der Waals surface area contributed by atoms with Crippen LogP contribution >= 0.6 is 0 Å². The molecule has 1 aromatic rings. The van der Waals surface area contributed by atoms with E-state index in [9.17, 15) is 17.6 Å². The van der Waals surface area contributed by atoms with Crippen LogP contribution in [0.15, 0.2) is 23.1 Å². The zero-order valence-electron chi connectivity index (χ0n) is 11.4. The van der Waals surface area contributed by atoms with Crippen LogP contribution in [0.1, 0.15) is 13.8 Å². The van der Waals surface area contributed by atoms with Gasteiger partial charge in [0.15, 0.2) is 0 Å². The third kappa shape index (κ3) is 3.67. The van der Waals surface area contributed by atoms with Gasteiger partial charge in [-0.1, -0.05) is 6.92 Å². The van der Waals surface area contributed by atoms with E-state index in [0.29, 0.717) is 6.54 Å². The standard InChI is InChI=1S/C12H18FN3O3S/c1-3-15-12(17)8-16(4-2)20(18,19)11-6-5-9(14)7-10(11)13/h5-7H,3-4,8,14H2,1-2H3,(H,15,17). The summed E-state index contributed by atoms with van der Waals surface area (Å²) in [7, 11) is -4.07. The molecule has 0 saturated heterocycles. The van der Waals surface area contributed by atoms with Gasteiger partial charge in [0.25, 0.3) is 0 Å². The van der Waals surface area contributed by atoms with Gasteiger partial charge in [0, 0.05) is 18.8 Å². The second-order valence-electron chi connectivity index (χ2n) is 4.07. The maximum absolute atomic E-state index is 13.7. The van der Waals surface area contributed by atoms with E-state index in [2.05, 4.69) is 5.32 Å². The lowest BCUT2D eigenvalue weighted by Crippen LogP contribution is -2.40. The van der Waals surface area contributed by atoms with Crippen molar-refractivity contribution >= 4 is 21.6 Å². The van der Waals surface area contributed by atoms with Gasteiger partial charge in [0.05, 0.1) is 6.54 Å². The van der Waals surface area contributed by atoms with Crippen molar-refractivity contribution in [2.75, 3.05) is 25.4 Å². The van der Waals surface area contributed by atoms with Crippen LogP contribution in [0.3, 0.4) is 0 Å². The number of rotatable bonds is 6. The predicted molar refractivity (Wildman–Crippen MR) is 73.9 cm³/mol. The van der Waals surface area contributed by atoms with Gasteiger partial charge in [-0.2, -0.15) is 4.31 Å². The van der Waals surface area contributed by atoms with Gasteiger partial charge in [0.1, 0.15) is 10.7 Å².